The Morgan fingerprint density at radius 3 is 2.71 bits per heavy atom. The molecule has 0 amide bonds. The van der Waals surface area contributed by atoms with Gasteiger partial charge in [0.05, 0.1) is 0 Å². The Hall–Kier alpha value is -0.900. The van der Waals surface area contributed by atoms with Crippen molar-refractivity contribution in [2.24, 2.45) is 5.92 Å². The zero-order valence-electron chi connectivity index (χ0n) is 13.5. The number of rotatable bonds is 4. The molecular weight excluding hydrogens is 258 g/mol. The average Bonchev–Trinajstić information content (AvgIpc) is 2.49. The molecule has 1 N–H and O–H groups in total. The summed E-state index contributed by atoms with van der Waals surface area (Å²) in [4.78, 5) is 4.99. The van der Waals surface area contributed by atoms with Crippen LogP contribution in [0, 0.1) is 5.92 Å². The van der Waals surface area contributed by atoms with E-state index in [0.717, 1.165) is 12.5 Å². The van der Waals surface area contributed by atoms with Crippen LogP contribution in [-0.4, -0.2) is 56.6 Å². The summed E-state index contributed by atoms with van der Waals surface area (Å²) in [5.41, 5.74) is 3.07. The van der Waals surface area contributed by atoms with E-state index in [4.69, 9.17) is 0 Å². The molecule has 3 heteroatoms. The molecule has 3 nitrogen and oxygen atoms in total. The highest BCUT2D eigenvalue weighted by atomic mass is 15.2. The van der Waals surface area contributed by atoms with Crippen molar-refractivity contribution < 1.29 is 0 Å². The van der Waals surface area contributed by atoms with E-state index in [1.807, 2.05) is 0 Å². The third-order valence-electron chi connectivity index (χ3n) is 4.99. The number of likely N-dealkylation sites (tertiary alicyclic amines) is 1. The van der Waals surface area contributed by atoms with Crippen LogP contribution in [0.5, 0.6) is 0 Å². The second kappa shape index (κ2) is 6.91. The van der Waals surface area contributed by atoms with Gasteiger partial charge in [0.25, 0.3) is 0 Å². The minimum atomic E-state index is 0.528. The van der Waals surface area contributed by atoms with Crippen molar-refractivity contribution in [2.75, 3.05) is 46.8 Å². The SMILES string of the molecule is CN(C)CC1CCN(CC2NCCc3ccccc32)CC1. The predicted molar refractivity (Wildman–Crippen MR) is 88.6 cm³/mol. The number of piperidine rings is 1. The van der Waals surface area contributed by atoms with Crippen molar-refractivity contribution in [1.82, 2.24) is 15.1 Å². The van der Waals surface area contributed by atoms with Crippen LogP contribution in [0.3, 0.4) is 0 Å². The maximum absolute atomic E-state index is 3.72. The Morgan fingerprint density at radius 1 is 1.19 bits per heavy atom. The van der Waals surface area contributed by atoms with Crippen molar-refractivity contribution in [3.63, 3.8) is 0 Å². The molecule has 0 radical (unpaired) electrons. The Balaban J connectivity index is 1.54. The summed E-state index contributed by atoms with van der Waals surface area (Å²) in [5.74, 6) is 0.892. The number of nitrogens with zero attached hydrogens (tertiary/aromatic N) is 2. The molecule has 1 aromatic rings. The summed E-state index contributed by atoms with van der Waals surface area (Å²) >= 11 is 0. The Morgan fingerprint density at radius 2 is 1.95 bits per heavy atom. The molecule has 2 aliphatic rings. The summed E-state index contributed by atoms with van der Waals surface area (Å²) in [6, 6.07) is 9.49. The first-order valence-corrected chi connectivity index (χ1v) is 8.40. The van der Waals surface area contributed by atoms with Crippen molar-refractivity contribution in [3.8, 4) is 0 Å². The summed E-state index contributed by atoms with van der Waals surface area (Å²) in [6.07, 6.45) is 3.89. The molecule has 0 bridgehead atoms. The first-order valence-electron chi connectivity index (χ1n) is 8.40. The van der Waals surface area contributed by atoms with Crippen LogP contribution >= 0.6 is 0 Å². The first-order chi connectivity index (χ1) is 10.2. The molecule has 1 atom stereocenters. The van der Waals surface area contributed by atoms with E-state index in [2.05, 4.69) is 53.5 Å². The largest absolute Gasteiger partial charge is 0.309 e. The van der Waals surface area contributed by atoms with E-state index in [9.17, 15) is 0 Å². The normalized spacial score (nSPS) is 24.2. The van der Waals surface area contributed by atoms with Gasteiger partial charge in [-0.25, -0.2) is 0 Å². The molecule has 0 aromatic heterocycles. The third-order valence-corrected chi connectivity index (χ3v) is 4.99. The van der Waals surface area contributed by atoms with E-state index in [1.54, 1.807) is 5.56 Å². The lowest BCUT2D eigenvalue weighted by molar-refractivity contribution is 0.149. The van der Waals surface area contributed by atoms with Gasteiger partial charge in [-0.15, -0.1) is 0 Å². The molecule has 21 heavy (non-hydrogen) atoms. The van der Waals surface area contributed by atoms with Gasteiger partial charge in [0.2, 0.25) is 0 Å². The van der Waals surface area contributed by atoms with Crippen molar-refractivity contribution >= 4 is 0 Å². The van der Waals surface area contributed by atoms with Crippen molar-refractivity contribution in [3.05, 3.63) is 35.4 Å². The van der Waals surface area contributed by atoms with E-state index < -0.39 is 0 Å². The quantitative estimate of drug-likeness (QED) is 0.915. The smallest absolute Gasteiger partial charge is 0.0452 e. The van der Waals surface area contributed by atoms with Crippen LogP contribution in [0.4, 0.5) is 0 Å². The molecule has 0 aliphatic carbocycles. The summed E-state index contributed by atoms with van der Waals surface area (Å²) in [6.45, 7) is 6.07. The summed E-state index contributed by atoms with van der Waals surface area (Å²) in [7, 11) is 4.38. The molecular formula is C18H29N3. The molecule has 0 saturated carbocycles. The molecule has 2 heterocycles. The lowest BCUT2D eigenvalue weighted by atomic mass is 9.92. The van der Waals surface area contributed by atoms with Gasteiger partial charge in [0.15, 0.2) is 0 Å². The lowest BCUT2D eigenvalue weighted by Crippen LogP contribution is -2.43. The standard InChI is InChI=1S/C18H29N3/c1-20(2)13-15-8-11-21(12-9-15)14-18-17-6-4-3-5-16(17)7-10-19-18/h3-6,15,18-19H,7-14H2,1-2H3. The molecule has 1 saturated heterocycles. The van der Waals surface area contributed by atoms with Crippen LogP contribution < -0.4 is 5.32 Å². The Bertz CT molecular complexity index is 450. The van der Waals surface area contributed by atoms with Crippen LogP contribution in [0.2, 0.25) is 0 Å². The Kier molecular flexibility index (Phi) is 4.94. The first kappa shape index (κ1) is 15.0. The number of hydrogen-bond donors (Lipinski definition) is 1. The molecule has 2 aliphatic heterocycles. The van der Waals surface area contributed by atoms with E-state index in [-0.39, 0.29) is 0 Å². The van der Waals surface area contributed by atoms with Gasteiger partial charge in [-0.1, -0.05) is 24.3 Å². The average molecular weight is 287 g/mol. The number of fused-ring (bicyclic) bond motifs is 1. The van der Waals surface area contributed by atoms with E-state index >= 15 is 0 Å². The highest BCUT2D eigenvalue weighted by Crippen LogP contribution is 2.25. The van der Waals surface area contributed by atoms with Gasteiger partial charge in [0.1, 0.15) is 0 Å². The predicted octanol–water partition coefficient (Wildman–Crippen LogP) is 2.15. The zero-order chi connectivity index (χ0) is 14.7. The van der Waals surface area contributed by atoms with E-state index in [1.165, 1.54) is 51.0 Å². The van der Waals surface area contributed by atoms with Gasteiger partial charge >= 0.3 is 0 Å². The second-order valence-corrected chi connectivity index (χ2v) is 6.96. The number of nitrogens with one attached hydrogen (secondary N) is 1. The monoisotopic (exact) mass is 287 g/mol. The van der Waals surface area contributed by atoms with Gasteiger partial charge < -0.3 is 15.1 Å². The highest BCUT2D eigenvalue weighted by molar-refractivity contribution is 5.32. The van der Waals surface area contributed by atoms with Gasteiger partial charge in [-0.05, 0) is 70.0 Å². The molecule has 1 unspecified atom stereocenters. The molecule has 116 valence electrons. The summed E-state index contributed by atoms with van der Waals surface area (Å²) in [5, 5.41) is 3.72. The topological polar surface area (TPSA) is 18.5 Å². The van der Waals surface area contributed by atoms with Gasteiger partial charge in [-0.3, -0.25) is 0 Å². The van der Waals surface area contributed by atoms with Crippen LogP contribution in [0.1, 0.15) is 30.0 Å². The fourth-order valence-corrected chi connectivity index (χ4v) is 3.88. The second-order valence-electron chi connectivity index (χ2n) is 6.96. The highest BCUT2D eigenvalue weighted by Gasteiger charge is 2.25. The van der Waals surface area contributed by atoms with Crippen molar-refractivity contribution in [1.29, 1.82) is 0 Å². The number of benzene rings is 1. The molecule has 1 fully saturated rings. The minimum absolute atomic E-state index is 0.528. The minimum Gasteiger partial charge on any atom is -0.309 e. The fourth-order valence-electron chi connectivity index (χ4n) is 3.88. The van der Waals surface area contributed by atoms with Crippen molar-refractivity contribution in [2.45, 2.75) is 25.3 Å². The fraction of sp³-hybridized carbons (Fsp3) is 0.667. The maximum Gasteiger partial charge on any atom is 0.0452 e. The van der Waals surface area contributed by atoms with Crippen LogP contribution in [0.15, 0.2) is 24.3 Å². The molecule has 0 spiro atoms. The summed E-state index contributed by atoms with van der Waals surface area (Å²) < 4.78 is 0. The van der Waals surface area contributed by atoms with Gasteiger partial charge in [0, 0.05) is 19.1 Å². The molecule has 3 rings (SSSR count). The van der Waals surface area contributed by atoms with Crippen LogP contribution in [-0.2, 0) is 6.42 Å². The zero-order valence-corrected chi connectivity index (χ0v) is 13.5. The number of hydrogen-bond acceptors (Lipinski definition) is 3. The van der Waals surface area contributed by atoms with Gasteiger partial charge in [-0.2, -0.15) is 0 Å². The molecule has 1 aromatic carbocycles. The van der Waals surface area contributed by atoms with Crippen LogP contribution in [0.25, 0.3) is 0 Å². The lowest BCUT2D eigenvalue weighted by Gasteiger charge is -2.37. The maximum atomic E-state index is 3.72. The third kappa shape index (κ3) is 3.85. The van der Waals surface area contributed by atoms with E-state index in [0.29, 0.717) is 6.04 Å². The Labute approximate surface area is 129 Å².